The van der Waals surface area contributed by atoms with Crippen LogP contribution in [-0.4, -0.2) is 20.7 Å². The standard InChI is InChI=1S/C11H13F2NO3S/c1-7(2)10(15)6-14-18(16,17)11-4-3-8(12)5-9(11)13/h3-5,7,14H,6H2,1-2H3. The minimum atomic E-state index is -4.15. The van der Waals surface area contributed by atoms with E-state index in [0.717, 1.165) is 12.1 Å². The maximum Gasteiger partial charge on any atom is 0.243 e. The molecule has 0 aromatic heterocycles. The average Bonchev–Trinajstić information content (AvgIpc) is 2.25. The molecule has 4 nitrogen and oxygen atoms in total. The lowest BCUT2D eigenvalue weighted by Crippen LogP contribution is -2.32. The first kappa shape index (κ1) is 14.7. The molecule has 0 atom stereocenters. The third-order valence-electron chi connectivity index (χ3n) is 2.26. The Bertz CT molecular complexity index is 555. The number of hydrogen-bond donors (Lipinski definition) is 1. The maximum atomic E-state index is 13.3. The largest absolute Gasteiger partial charge is 0.298 e. The molecule has 1 aromatic rings. The van der Waals surface area contributed by atoms with E-state index < -0.39 is 33.1 Å². The van der Waals surface area contributed by atoms with Gasteiger partial charge in [-0.05, 0) is 12.1 Å². The van der Waals surface area contributed by atoms with Crippen molar-refractivity contribution in [1.82, 2.24) is 4.72 Å². The molecular weight excluding hydrogens is 264 g/mol. The highest BCUT2D eigenvalue weighted by molar-refractivity contribution is 7.89. The highest BCUT2D eigenvalue weighted by atomic mass is 32.2. The van der Waals surface area contributed by atoms with Gasteiger partial charge in [-0.25, -0.2) is 21.9 Å². The lowest BCUT2D eigenvalue weighted by molar-refractivity contribution is -0.120. The molecule has 0 amide bonds. The van der Waals surface area contributed by atoms with Crippen LogP contribution in [-0.2, 0) is 14.8 Å². The van der Waals surface area contributed by atoms with Crippen LogP contribution in [0.5, 0.6) is 0 Å². The van der Waals surface area contributed by atoms with Crippen LogP contribution in [0.25, 0.3) is 0 Å². The number of Topliss-reactive ketones (excluding diaryl/α,β-unsaturated/α-hetero) is 1. The number of nitrogens with one attached hydrogen (secondary N) is 1. The smallest absolute Gasteiger partial charge is 0.243 e. The summed E-state index contributed by atoms with van der Waals surface area (Å²) in [7, 11) is -4.15. The van der Waals surface area contributed by atoms with E-state index in [2.05, 4.69) is 0 Å². The predicted octanol–water partition coefficient (Wildman–Crippen LogP) is 1.47. The summed E-state index contributed by atoms with van der Waals surface area (Å²) < 4.78 is 51.2. The van der Waals surface area contributed by atoms with Gasteiger partial charge in [-0.15, -0.1) is 0 Å². The van der Waals surface area contributed by atoms with Crippen molar-refractivity contribution in [2.45, 2.75) is 18.7 Å². The molecule has 0 unspecified atom stereocenters. The minimum absolute atomic E-state index is 0.318. The minimum Gasteiger partial charge on any atom is -0.298 e. The Kier molecular flexibility index (Phi) is 4.53. The predicted molar refractivity (Wildman–Crippen MR) is 61.4 cm³/mol. The zero-order chi connectivity index (χ0) is 13.9. The molecule has 0 bridgehead atoms. The van der Waals surface area contributed by atoms with Crippen molar-refractivity contribution in [1.29, 1.82) is 0 Å². The molecule has 7 heteroatoms. The number of rotatable bonds is 5. The van der Waals surface area contributed by atoms with Gasteiger partial charge in [0.25, 0.3) is 0 Å². The van der Waals surface area contributed by atoms with Gasteiger partial charge in [0.2, 0.25) is 10.0 Å². The Morgan fingerprint density at radius 1 is 1.33 bits per heavy atom. The number of carbonyl (C=O) groups excluding carboxylic acids is 1. The van der Waals surface area contributed by atoms with Crippen LogP contribution in [0.2, 0.25) is 0 Å². The molecule has 0 radical (unpaired) electrons. The Morgan fingerprint density at radius 2 is 1.94 bits per heavy atom. The van der Waals surface area contributed by atoms with Gasteiger partial charge >= 0.3 is 0 Å². The molecule has 0 aliphatic rings. The number of ketones is 1. The molecule has 0 saturated heterocycles. The molecule has 100 valence electrons. The molecule has 1 rings (SSSR count). The Morgan fingerprint density at radius 3 is 2.44 bits per heavy atom. The highest BCUT2D eigenvalue weighted by Crippen LogP contribution is 2.15. The first-order valence-corrected chi connectivity index (χ1v) is 6.70. The van der Waals surface area contributed by atoms with Gasteiger partial charge in [-0.2, -0.15) is 0 Å². The molecule has 1 aromatic carbocycles. The van der Waals surface area contributed by atoms with Gasteiger partial charge in [0.1, 0.15) is 22.3 Å². The summed E-state index contributed by atoms with van der Waals surface area (Å²) in [5.41, 5.74) is 0. The molecule has 0 spiro atoms. The Labute approximate surface area is 104 Å². The lowest BCUT2D eigenvalue weighted by atomic mass is 10.1. The number of benzene rings is 1. The third-order valence-corrected chi connectivity index (χ3v) is 3.70. The van der Waals surface area contributed by atoms with Crippen LogP contribution in [0.3, 0.4) is 0 Å². The molecule has 0 aliphatic carbocycles. The number of sulfonamides is 1. The lowest BCUT2D eigenvalue weighted by Gasteiger charge is -2.08. The molecule has 1 N–H and O–H groups in total. The molecule has 0 heterocycles. The molecule has 0 fully saturated rings. The van der Waals surface area contributed by atoms with Crippen LogP contribution in [0.4, 0.5) is 8.78 Å². The topological polar surface area (TPSA) is 63.2 Å². The zero-order valence-electron chi connectivity index (χ0n) is 9.91. The van der Waals surface area contributed by atoms with Crippen molar-refractivity contribution in [3.63, 3.8) is 0 Å². The van der Waals surface area contributed by atoms with Gasteiger partial charge in [0.15, 0.2) is 0 Å². The summed E-state index contributed by atoms with van der Waals surface area (Å²) in [4.78, 5) is 10.6. The van der Waals surface area contributed by atoms with Crippen LogP contribution in [0.15, 0.2) is 23.1 Å². The van der Waals surface area contributed by atoms with E-state index in [1.165, 1.54) is 0 Å². The molecular formula is C11H13F2NO3S. The summed E-state index contributed by atoms with van der Waals surface area (Å²) in [6, 6.07) is 2.12. The third kappa shape index (κ3) is 3.58. The second-order valence-corrected chi connectivity index (χ2v) is 5.76. The average molecular weight is 277 g/mol. The van der Waals surface area contributed by atoms with Gasteiger partial charge in [-0.3, -0.25) is 4.79 Å². The van der Waals surface area contributed by atoms with Gasteiger partial charge < -0.3 is 0 Å². The fourth-order valence-electron chi connectivity index (χ4n) is 1.14. The van der Waals surface area contributed by atoms with Crippen LogP contribution >= 0.6 is 0 Å². The Hall–Kier alpha value is -1.34. The van der Waals surface area contributed by atoms with E-state index in [-0.39, 0.29) is 11.7 Å². The first-order valence-electron chi connectivity index (χ1n) is 5.21. The van der Waals surface area contributed by atoms with Crippen LogP contribution in [0, 0.1) is 17.6 Å². The highest BCUT2D eigenvalue weighted by Gasteiger charge is 2.20. The summed E-state index contributed by atoms with van der Waals surface area (Å²) in [5, 5.41) is 0. The number of hydrogen-bond acceptors (Lipinski definition) is 3. The van der Waals surface area contributed by atoms with Crippen molar-refractivity contribution < 1.29 is 22.0 Å². The fraction of sp³-hybridized carbons (Fsp3) is 0.364. The monoisotopic (exact) mass is 277 g/mol. The summed E-state index contributed by atoms with van der Waals surface area (Å²) in [6.07, 6.45) is 0. The summed E-state index contributed by atoms with van der Waals surface area (Å²) in [6.45, 7) is 2.82. The molecule has 0 saturated carbocycles. The normalized spacial score (nSPS) is 11.8. The van der Waals surface area contributed by atoms with Gasteiger partial charge in [-0.1, -0.05) is 13.8 Å². The quantitative estimate of drug-likeness (QED) is 0.886. The number of carbonyl (C=O) groups is 1. The second-order valence-electron chi connectivity index (χ2n) is 4.02. The van der Waals surface area contributed by atoms with E-state index in [0.29, 0.717) is 6.07 Å². The van der Waals surface area contributed by atoms with Crippen molar-refractivity contribution in [3.8, 4) is 0 Å². The summed E-state index contributed by atoms with van der Waals surface area (Å²) >= 11 is 0. The van der Waals surface area contributed by atoms with Crippen molar-refractivity contribution >= 4 is 15.8 Å². The van der Waals surface area contributed by atoms with Gasteiger partial charge in [0.05, 0.1) is 6.54 Å². The van der Waals surface area contributed by atoms with E-state index >= 15 is 0 Å². The van der Waals surface area contributed by atoms with Crippen molar-refractivity contribution in [2.75, 3.05) is 6.54 Å². The van der Waals surface area contributed by atoms with Crippen molar-refractivity contribution in [2.24, 2.45) is 5.92 Å². The Balaban J connectivity index is 2.90. The van der Waals surface area contributed by atoms with E-state index in [1.54, 1.807) is 13.8 Å². The molecule has 0 aliphatic heterocycles. The fourth-order valence-corrected chi connectivity index (χ4v) is 2.19. The molecule has 18 heavy (non-hydrogen) atoms. The van der Waals surface area contributed by atoms with Crippen molar-refractivity contribution in [3.05, 3.63) is 29.8 Å². The van der Waals surface area contributed by atoms with Gasteiger partial charge in [0, 0.05) is 12.0 Å². The maximum absolute atomic E-state index is 13.3. The van der Waals surface area contributed by atoms with E-state index in [1.807, 2.05) is 4.72 Å². The second kappa shape index (κ2) is 5.53. The van der Waals surface area contributed by atoms with E-state index in [4.69, 9.17) is 0 Å². The van der Waals surface area contributed by atoms with Crippen LogP contribution in [0.1, 0.15) is 13.8 Å². The first-order chi connectivity index (χ1) is 8.24. The van der Waals surface area contributed by atoms with Crippen LogP contribution < -0.4 is 4.72 Å². The zero-order valence-corrected chi connectivity index (χ0v) is 10.7. The summed E-state index contributed by atoms with van der Waals surface area (Å²) in [5.74, 6) is -2.71. The SMILES string of the molecule is CC(C)C(=O)CNS(=O)(=O)c1ccc(F)cc1F. The number of halogens is 2. The van der Waals surface area contributed by atoms with E-state index in [9.17, 15) is 22.0 Å².